The lowest BCUT2D eigenvalue weighted by Crippen LogP contribution is -2.40. The van der Waals surface area contributed by atoms with Crippen LogP contribution in [0.2, 0.25) is 0 Å². The van der Waals surface area contributed by atoms with E-state index in [1.54, 1.807) is 4.90 Å². The number of aryl methyl sites for hydroxylation is 2. The van der Waals surface area contributed by atoms with Crippen molar-refractivity contribution in [3.05, 3.63) is 90.6 Å². The van der Waals surface area contributed by atoms with Gasteiger partial charge in [-0.3, -0.25) is 9.69 Å². The maximum Gasteiger partial charge on any atom is 0.266 e. The Morgan fingerprint density at radius 3 is 2.30 bits per heavy atom. The number of fused-ring (bicyclic) bond motifs is 1. The smallest absolute Gasteiger partial charge is 0.266 e. The molecule has 0 saturated carbocycles. The second kappa shape index (κ2) is 9.20. The number of aromatic nitrogens is 2. The average Bonchev–Trinajstić information content (AvgIpc) is 3.20. The van der Waals surface area contributed by atoms with Crippen LogP contribution in [0.4, 0.5) is 5.82 Å². The van der Waals surface area contributed by atoms with Gasteiger partial charge in [-0.1, -0.05) is 54.6 Å². The molecule has 1 aromatic heterocycles. The maximum atomic E-state index is 13.2. The van der Waals surface area contributed by atoms with E-state index in [0.29, 0.717) is 12.3 Å². The number of rotatable bonds is 6. The summed E-state index contributed by atoms with van der Waals surface area (Å²) in [6, 6.07) is 27.0. The molecule has 0 spiro atoms. The highest BCUT2D eigenvalue weighted by Crippen LogP contribution is 2.42. The summed E-state index contributed by atoms with van der Waals surface area (Å²) in [6.45, 7) is 3.33. The predicted molar refractivity (Wildman–Crippen MR) is 128 cm³/mol. The Labute approximate surface area is 193 Å². The zero-order chi connectivity index (χ0) is 22.6. The van der Waals surface area contributed by atoms with Crippen LogP contribution < -0.4 is 14.4 Å². The van der Waals surface area contributed by atoms with Gasteiger partial charge in [0.15, 0.2) is 6.61 Å². The number of ether oxygens (including phenoxy) is 2. The van der Waals surface area contributed by atoms with Crippen molar-refractivity contribution >= 4 is 11.7 Å². The van der Waals surface area contributed by atoms with Crippen LogP contribution in [-0.4, -0.2) is 28.8 Å². The number of anilines is 1. The van der Waals surface area contributed by atoms with Crippen LogP contribution >= 0.6 is 0 Å². The molecule has 5 rings (SSSR count). The molecular formula is C27H25N3O3. The van der Waals surface area contributed by atoms with Crippen LogP contribution in [-0.2, 0) is 11.3 Å². The summed E-state index contributed by atoms with van der Waals surface area (Å²) in [6.07, 6.45) is 0.840. The van der Waals surface area contributed by atoms with Gasteiger partial charge in [-0.2, -0.15) is 5.10 Å². The number of benzene rings is 3. The van der Waals surface area contributed by atoms with E-state index in [9.17, 15) is 4.79 Å². The second-order valence-corrected chi connectivity index (χ2v) is 7.92. The lowest BCUT2D eigenvalue weighted by Gasteiger charge is -2.29. The number of nitrogens with zero attached hydrogens (tertiary/aromatic N) is 3. The predicted octanol–water partition coefficient (Wildman–Crippen LogP) is 5.47. The van der Waals surface area contributed by atoms with Crippen LogP contribution in [0.1, 0.15) is 12.1 Å². The van der Waals surface area contributed by atoms with E-state index in [-0.39, 0.29) is 12.5 Å². The number of para-hydroxylation sites is 3. The second-order valence-electron chi connectivity index (χ2n) is 7.92. The van der Waals surface area contributed by atoms with Crippen molar-refractivity contribution < 1.29 is 14.3 Å². The third-order valence-corrected chi connectivity index (χ3v) is 5.64. The van der Waals surface area contributed by atoms with Gasteiger partial charge < -0.3 is 9.47 Å². The minimum absolute atomic E-state index is 0.0319. The first-order chi connectivity index (χ1) is 16.2. The molecule has 0 aliphatic carbocycles. The van der Waals surface area contributed by atoms with Crippen molar-refractivity contribution in [1.82, 2.24) is 9.78 Å². The van der Waals surface area contributed by atoms with E-state index < -0.39 is 0 Å². The van der Waals surface area contributed by atoms with Gasteiger partial charge in [0.2, 0.25) is 0 Å². The lowest BCUT2D eigenvalue weighted by atomic mass is 10.0. The molecule has 0 saturated heterocycles. The molecule has 6 heteroatoms. The monoisotopic (exact) mass is 439 g/mol. The van der Waals surface area contributed by atoms with Crippen LogP contribution in [0.15, 0.2) is 84.9 Å². The van der Waals surface area contributed by atoms with Gasteiger partial charge >= 0.3 is 0 Å². The number of hydrogen-bond acceptors (Lipinski definition) is 4. The molecule has 166 valence electrons. The third kappa shape index (κ3) is 4.32. The summed E-state index contributed by atoms with van der Waals surface area (Å²) in [5.41, 5.74) is 2.68. The molecule has 33 heavy (non-hydrogen) atoms. The van der Waals surface area contributed by atoms with Crippen molar-refractivity contribution in [2.45, 2.75) is 19.9 Å². The van der Waals surface area contributed by atoms with Crippen LogP contribution in [0.25, 0.3) is 11.1 Å². The average molecular weight is 440 g/mol. The Morgan fingerprint density at radius 1 is 0.879 bits per heavy atom. The summed E-state index contributed by atoms with van der Waals surface area (Å²) in [5.74, 6) is 2.86. The number of carbonyl (C=O) groups excluding carboxylic acids is 1. The Morgan fingerprint density at radius 2 is 1.55 bits per heavy atom. The molecule has 6 nitrogen and oxygen atoms in total. The number of amides is 1. The Balaban J connectivity index is 1.49. The highest BCUT2D eigenvalue weighted by atomic mass is 16.5. The van der Waals surface area contributed by atoms with E-state index in [2.05, 4.69) is 0 Å². The van der Waals surface area contributed by atoms with Gasteiger partial charge in [-0.05, 0) is 43.7 Å². The molecule has 1 aliphatic rings. The van der Waals surface area contributed by atoms with E-state index >= 15 is 0 Å². The molecule has 3 aromatic carbocycles. The maximum absolute atomic E-state index is 13.2. The Kier molecular flexibility index (Phi) is 5.81. The first-order valence-electron chi connectivity index (χ1n) is 11.1. The lowest BCUT2D eigenvalue weighted by molar-refractivity contribution is -0.120. The summed E-state index contributed by atoms with van der Waals surface area (Å²) in [7, 11) is 0. The normalized spacial score (nSPS) is 12.8. The molecular weight excluding hydrogens is 414 g/mol. The van der Waals surface area contributed by atoms with E-state index in [0.717, 1.165) is 47.1 Å². The minimum Gasteiger partial charge on any atom is -0.484 e. The van der Waals surface area contributed by atoms with E-state index in [4.69, 9.17) is 14.6 Å². The van der Waals surface area contributed by atoms with Crippen LogP contribution in [0, 0.1) is 6.92 Å². The fourth-order valence-electron chi connectivity index (χ4n) is 4.16. The molecule has 0 unspecified atom stereocenters. The van der Waals surface area contributed by atoms with Crippen molar-refractivity contribution in [2.75, 3.05) is 18.1 Å². The van der Waals surface area contributed by atoms with Gasteiger partial charge in [0.05, 0.1) is 11.3 Å². The van der Waals surface area contributed by atoms with Crippen molar-refractivity contribution in [3.63, 3.8) is 0 Å². The summed E-state index contributed by atoms with van der Waals surface area (Å²) in [5, 5.41) is 4.75. The molecule has 0 atom stereocenters. The van der Waals surface area contributed by atoms with Gasteiger partial charge in [0.25, 0.3) is 5.91 Å². The van der Waals surface area contributed by atoms with E-state index in [1.807, 2.05) is 96.5 Å². The van der Waals surface area contributed by atoms with Gasteiger partial charge in [-0.15, -0.1) is 0 Å². The van der Waals surface area contributed by atoms with Crippen molar-refractivity contribution in [2.24, 2.45) is 0 Å². The molecule has 0 fully saturated rings. The molecule has 0 radical (unpaired) electrons. The molecule has 2 heterocycles. The number of hydrogen-bond donors (Lipinski definition) is 0. The van der Waals surface area contributed by atoms with Crippen molar-refractivity contribution in [1.29, 1.82) is 0 Å². The molecule has 4 aromatic rings. The van der Waals surface area contributed by atoms with E-state index in [1.165, 1.54) is 0 Å². The largest absolute Gasteiger partial charge is 0.484 e. The molecule has 1 amide bonds. The quantitative estimate of drug-likeness (QED) is 0.400. The number of carbonyl (C=O) groups is 1. The first-order valence-corrected chi connectivity index (χ1v) is 11.1. The fourth-order valence-corrected chi connectivity index (χ4v) is 4.16. The minimum atomic E-state index is -0.0950. The summed E-state index contributed by atoms with van der Waals surface area (Å²) < 4.78 is 13.9. The zero-order valence-corrected chi connectivity index (χ0v) is 18.5. The first kappa shape index (κ1) is 20.8. The van der Waals surface area contributed by atoms with Gasteiger partial charge in [0.1, 0.15) is 23.1 Å². The molecule has 1 aliphatic heterocycles. The van der Waals surface area contributed by atoms with Gasteiger partial charge in [0, 0.05) is 18.7 Å². The van der Waals surface area contributed by atoms with Crippen LogP contribution in [0.3, 0.4) is 0 Å². The van der Waals surface area contributed by atoms with Gasteiger partial charge in [-0.25, -0.2) is 4.68 Å². The summed E-state index contributed by atoms with van der Waals surface area (Å²) in [4.78, 5) is 15.0. The fraction of sp³-hybridized carbons (Fsp3) is 0.185. The topological polar surface area (TPSA) is 56.6 Å². The molecule has 0 bridgehead atoms. The Hall–Kier alpha value is -4.06. The highest BCUT2D eigenvalue weighted by molar-refractivity contribution is 5.99. The SMILES string of the molecule is Cc1nn2c(c1-c1ccccc1Oc1ccccc1)N(C(=O)COc1ccccc1)CCC2. The zero-order valence-electron chi connectivity index (χ0n) is 18.5. The molecule has 0 N–H and O–H groups in total. The van der Waals surface area contributed by atoms with Crippen LogP contribution in [0.5, 0.6) is 17.2 Å². The highest BCUT2D eigenvalue weighted by Gasteiger charge is 2.30. The van der Waals surface area contributed by atoms with Crippen molar-refractivity contribution in [3.8, 4) is 28.4 Å². The third-order valence-electron chi connectivity index (χ3n) is 5.64. The standard InChI is InChI=1S/C27H25N3O3/c1-20-26(23-15-8-9-16-24(23)33-22-13-6-3-7-14-22)27-29(17-10-18-30(27)28-20)25(31)19-32-21-11-4-2-5-12-21/h2-9,11-16H,10,17-19H2,1H3. The summed E-state index contributed by atoms with van der Waals surface area (Å²) >= 11 is 0. The Bertz CT molecular complexity index is 1250.